The Hall–Kier alpha value is -5.97. The Morgan fingerprint density at radius 2 is 1.88 bits per heavy atom. The molecule has 5 aromatic rings. The highest BCUT2D eigenvalue weighted by atomic mass is 19.3. The Balaban J connectivity index is 0.712. The minimum atomic E-state index is -2.87. The number of carbonyl (C=O) groups excluding carboxylic acids is 3. The molecule has 5 aliphatic rings. The number of amides is 3. The molecule has 5 fully saturated rings. The second-order valence-electron chi connectivity index (χ2n) is 18.4. The minimum Gasteiger partial charge on any atom is -0.374 e. The fourth-order valence-corrected chi connectivity index (χ4v) is 10.7. The van der Waals surface area contributed by atoms with Crippen LogP contribution in [0.25, 0.3) is 16.7 Å². The van der Waals surface area contributed by atoms with E-state index < -0.39 is 24.1 Å². The van der Waals surface area contributed by atoms with Crippen LogP contribution in [0.3, 0.4) is 0 Å². The number of carbonyl (C=O) groups is 3. The van der Waals surface area contributed by atoms with E-state index in [0.717, 1.165) is 75.4 Å². The summed E-state index contributed by atoms with van der Waals surface area (Å²) in [5.41, 5.74) is 1.65. The molecule has 1 N–H and O–H groups in total. The van der Waals surface area contributed by atoms with Crippen molar-refractivity contribution in [2.24, 2.45) is 18.9 Å². The highest BCUT2D eigenvalue weighted by molar-refractivity contribution is 6.08. The van der Waals surface area contributed by atoms with Crippen LogP contribution >= 0.6 is 0 Å². The Bertz CT molecular complexity index is 2780. The number of aryl methyl sites for hydroxylation is 1. The number of ether oxygens (including phenoxy) is 2. The number of hydrogen-bond donors (Lipinski definition) is 1. The lowest BCUT2D eigenvalue weighted by atomic mass is 9.85. The van der Waals surface area contributed by atoms with E-state index in [4.69, 9.17) is 14.5 Å². The molecule has 5 atom stereocenters. The molecule has 19 heteroatoms. The summed E-state index contributed by atoms with van der Waals surface area (Å²) in [5, 5.41) is 11.3. The van der Waals surface area contributed by atoms with Crippen molar-refractivity contribution in [3.05, 3.63) is 70.2 Å². The number of rotatable bonds is 10. The molecule has 1 unspecified atom stereocenters. The average Bonchev–Trinajstić information content (AvgIpc) is 4.15. The number of hydrogen-bond acceptors (Lipinski definition) is 11. The SMILES string of the molecule is C[C@H]1CN(C[C@H]2CC[C@H](n3cc(NC(=O)c4cnn5ccc(N6C[C@H]7C[C@@H]6CO7)nc45)c(C(F)F)n3)CC2)CC[C@@H]1OCC#Cc1cccc2c1n(C)c(=O)n2C1CCC(=O)N(C)C1=O. The van der Waals surface area contributed by atoms with E-state index in [1.807, 2.05) is 18.2 Å². The molecule has 65 heavy (non-hydrogen) atoms. The number of alkyl halides is 2. The predicted molar refractivity (Wildman–Crippen MR) is 235 cm³/mol. The Kier molecular flexibility index (Phi) is 11.5. The first-order valence-electron chi connectivity index (χ1n) is 22.7. The van der Waals surface area contributed by atoms with E-state index >= 15 is 0 Å². The number of nitrogens with zero attached hydrogens (tertiary/aromatic N) is 10. The first kappa shape index (κ1) is 43.0. The number of halogens is 2. The smallest absolute Gasteiger partial charge is 0.329 e. The maximum atomic E-state index is 14.3. The Morgan fingerprint density at radius 1 is 1.05 bits per heavy atom. The van der Waals surface area contributed by atoms with Crippen molar-refractivity contribution in [3.63, 3.8) is 0 Å². The van der Waals surface area contributed by atoms with E-state index in [-0.39, 0.29) is 78.4 Å². The van der Waals surface area contributed by atoms with Crippen LogP contribution < -0.4 is 15.9 Å². The van der Waals surface area contributed by atoms with Crippen molar-refractivity contribution < 1.29 is 32.6 Å². The summed E-state index contributed by atoms with van der Waals surface area (Å²) < 4.78 is 46.8. The molecule has 2 bridgehead atoms. The molecule has 4 saturated heterocycles. The molecule has 0 radical (unpaired) electrons. The summed E-state index contributed by atoms with van der Waals surface area (Å²) in [4.78, 5) is 62.6. The number of likely N-dealkylation sites (tertiary alicyclic amines) is 2. The van der Waals surface area contributed by atoms with E-state index in [1.165, 1.54) is 33.1 Å². The molecule has 3 amide bonds. The summed E-state index contributed by atoms with van der Waals surface area (Å²) in [5.74, 6) is 6.62. The second kappa shape index (κ2) is 17.4. The minimum absolute atomic E-state index is 0.0110. The van der Waals surface area contributed by atoms with Crippen LogP contribution in [0.15, 0.2) is 47.7 Å². The number of imidazole rings is 1. The molecular weight excluding hydrogens is 841 g/mol. The molecule has 0 spiro atoms. The van der Waals surface area contributed by atoms with E-state index in [0.29, 0.717) is 34.8 Å². The van der Waals surface area contributed by atoms with Crippen molar-refractivity contribution in [2.45, 2.75) is 95.0 Å². The molecule has 1 aliphatic carbocycles. The maximum Gasteiger partial charge on any atom is 0.329 e. The zero-order chi connectivity index (χ0) is 45.1. The Labute approximate surface area is 373 Å². The van der Waals surface area contributed by atoms with Gasteiger partial charge >= 0.3 is 5.69 Å². The highest BCUT2D eigenvalue weighted by Crippen LogP contribution is 2.37. The number of piperidine rings is 2. The quantitative estimate of drug-likeness (QED) is 0.154. The monoisotopic (exact) mass is 893 g/mol. The van der Waals surface area contributed by atoms with Gasteiger partial charge in [0.25, 0.3) is 18.2 Å². The van der Waals surface area contributed by atoms with Crippen LogP contribution in [-0.4, -0.2) is 126 Å². The fourth-order valence-electron chi connectivity index (χ4n) is 10.7. The maximum absolute atomic E-state index is 14.3. The molecule has 1 saturated carbocycles. The lowest BCUT2D eigenvalue weighted by Crippen LogP contribution is -2.45. The number of imide groups is 1. The normalized spacial score (nSPS) is 26.2. The number of para-hydroxylation sites is 1. The van der Waals surface area contributed by atoms with Gasteiger partial charge in [0.05, 0.1) is 59.4 Å². The second-order valence-corrected chi connectivity index (χ2v) is 18.4. The number of fused-ring (bicyclic) bond motifs is 4. The van der Waals surface area contributed by atoms with Crippen molar-refractivity contribution in [3.8, 4) is 11.8 Å². The van der Waals surface area contributed by atoms with Crippen molar-refractivity contribution in [1.29, 1.82) is 0 Å². The van der Waals surface area contributed by atoms with Crippen LogP contribution in [0.2, 0.25) is 0 Å². The molecule has 1 aromatic carbocycles. The number of morpholine rings is 1. The third-order valence-corrected chi connectivity index (χ3v) is 14.3. The number of anilines is 2. The first-order chi connectivity index (χ1) is 31.4. The molecule has 10 rings (SSSR count). The van der Waals surface area contributed by atoms with Gasteiger partial charge in [-0.2, -0.15) is 10.2 Å². The number of nitrogens with one attached hydrogen (secondary N) is 1. The zero-order valence-corrected chi connectivity index (χ0v) is 36.7. The average molecular weight is 894 g/mol. The third-order valence-electron chi connectivity index (χ3n) is 14.3. The number of likely N-dealkylation sites (N-methyl/N-ethyl adjacent to an activating group) is 1. The van der Waals surface area contributed by atoms with Gasteiger partial charge in [-0.05, 0) is 75.0 Å². The number of benzene rings is 1. The van der Waals surface area contributed by atoms with Gasteiger partial charge < -0.3 is 24.6 Å². The largest absolute Gasteiger partial charge is 0.374 e. The zero-order valence-electron chi connectivity index (χ0n) is 36.7. The summed E-state index contributed by atoms with van der Waals surface area (Å²) in [6.45, 7) is 6.55. The van der Waals surface area contributed by atoms with Crippen LogP contribution in [0.1, 0.15) is 98.4 Å². The molecule has 342 valence electrons. The molecular formula is C46H53F2N11O6. The van der Waals surface area contributed by atoms with Gasteiger partial charge in [0.1, 0.15) is 24.0 Å². The molecule has 4 aliphatic heterocycles. The van der Waals surface area contributed by atoms with Crippen LogP contribution in [0.4, 0.5) is 20.3 Å². The molecule has 17 nitrogen and oxygen atoms in total. The van der Waals surface area contributed by atoms with Gasteiger partial charge in [-0.1, -0.05) is 24.8 Å². The summed E-state index contributed by atoms with van der Waals surface area (Å²) in [6.07, 6.45) is 7.81. The van der Waals surface area contributed by atoms with Gasteiger partial charge in [0, 0.05) is 59.1 Å². The van der Waals surface area contributed by atoms with Crippen LogP contribution in [0, 0.1) is 23.7 Å². The highest BCUT2D eigenvalue weighted by Gasteiger charge is 2.40. The summed E-state index contributed by atoms with van der Waals surface area (Å²) >= 11 is 0. The third kappa shape index (κ3) is 8.09. The van der Waals surface area contributed by atoms with Crippen molar-refractivity contribution >= 4 is 45.9 Å². The lowest BCUT2D eigenvalue weighted by Gasteiger charge is -2.39. The van der Waals surface area contributed by atoms with Crippen LogP contribution in [-0.2, 0) is 26.1 Å². The van der Waals surface area contributed by atoms with Gasteiger partial charge in [0.2, 0.25) is 5.91 Å². The van der Waals surface area contributed by atoms with E-state index in [2.05, 4.69) is 44.1 Å². The lowest BCUT2D eigenvalue weighted by molar-refractivity contribution is -0.149. The van der Waals surface area contributed by atoms with E-state index in [1.54, 1.807) is 24.0 Å². The van der Waals surface area contributed by atoms with Gasteiger partial charge in [0.15, 0.2) is 11.3 Å². The topological polar surface area (TPSA) is 166 Å². The standard InChI is InChI=1S/C46H53F2N11O6/c1-27-22-55(17-15-37(27)64-19-5-7-29-6-4-8-35-41(29)54(3)46(63)59(35)36-13-14-39(60)53(2)45(36)62)23-28-9-11-30(12-10-28)58-25-34(40(52-58)42(47)48)50-44(61)33-21-49-57-18-16-38(51-43(33)57)56-24-32-20-31(56)26-65-32/h4,6,8,16,18,21,25,27-28,30-32,36-37,42H,9-15,17,19-20,22-24,26H2,1-3H3,(H,50,61)/t27-,28-,30-,31+,32+,36?,37-/m0/s1. The van der Waals surface area contributed by atoms with Crippen LogP contribution in [0.5, 0.6) is 0 Å². The summed E-state index contributed by atoms with van der Waals surface area (Å²) in [7, 11) is 3.12. The van der Waals surface area contributed by atoms with Crippen molar-refractivity contribution in [2.75, 3.05) is 56.7 Å². The predicted octanol–water partition coefficient (Wildman–Crippen LogP) is 4.58. The van der Waals surface area contributed by atoms with Crippen molar-refractivity contribution in [1.82, 2.24) is 43.3 Å². The summed E-state index contributed by atoms with van der Waals surface area (Å²) in [6, 6.07) is 6.77. The molecule has 8 heterocycles. The fraction of sp³-hybridized carbons (Fsp3) is 0.543. The first-order valence-corrected chi connectivity index (χ1v) is 22.7. The van der Waals surface area contributed by atoms with Gasteiger partial charge in [-0.3, -0.25) is 33.1 Å². The Morgan fingerprint density at radius 3 is 2.63 bits per heavy atom. The van der Waals surface area contributed by atoms with Gasteiger partial charge in [-0.25, -0.2) is 23.1 Å². The van der Waals surface area contributed by atoms with E-state index in [9.17, 15) is 28.0 Å². The number of aromatic nitrogens is 7. The molecule has 4 aromatic heterocycles. The van der Waals surface area contributed by atoms with Gasteiger partial charge in [-0.15, -0.1) is 0 Å².